The van der Waals surface area contributed by atoms with Gasteiger partial charge in [-0.25, -0.2) is 0 Å². The quantitative estimate of drug-likeness (QED) is 0.306. The van der Waals surface area contributed by atoms with Crippen LogP contribution >= 0.6 is 0 Å². The third-order valence-corrected chi connectivity index (χ3v) is 5.66. The van der Waals surface area contributed by atoms with Crippen LogP contribution in [0.25, 0.3) is 34.4 Å². The maximum absolute atomic E-state index is 12.6. The van der Waals surface area contributed by atoms with Crippen molar-refractivity contribution in [1.82, 2.24) is 0 Å². The van der Waals surface area contributed by atoms with Gasteiger partial charge < -0.3 is 4.55 Å². The normalized spacial score (nSPS) is 11.5. The highest BCUT2D eigenvalue weighted by Crippen LogP contribution is 2.26. The molecule has 4 rings (SSSR count). The minimum absolute atomic E-state index is 1.05. The van der Waals surface area contributed by atoms with E-state index in [1.54, 1.807) is 10.8 Å². The molecule has 30 heavy (non-hydrogen) atoms. The van der Waals surface area contributed by atoms with Gasteiger partial charge in [-0.2, -0.15) is 0 Å². The Hall–Kier alpha value is -3.33. The molecule has 0 aliphatic rings. The van der Waals surface area contributed by atoms with Crippen molar-refractivity contribution in [2.45, 2.75) is 0 Å². The molecule has 0 amide bonds. The first-order valence-corrected chi connectivity index (χ1v) is 11.1. The summed E-state index contributed by atoms with van der Waals surface area (Å²) in [5.41, 5.74) is 6.66. The second kappa shape index (κ2) is 9.93. The van der Waals surface area contributed by atoms with E-state index in [-0.39, 0.29) is 0 Å². The fourth-order valence-electron chi connectivity index (χ4n) is 3.37. The number of hydrogen-bond donors (Lipinski definition) is 0. The Kier molecular flexibility index (Phi) is 6.61. The number of rotatable bonds is 6. The molecule has 0 atom stereocenters. The Morgan fingerprint density at radius 2 is 0.833 bits per heavy atom. The maximum Gasteiger partial charge on any atom is 0.122 e. The standard InChI is InChI=1S/C28H22OS/c29-30(21-19-25-15-7-9-17-27(25)23-11-3-1-4-12-23)22-20-26-16-8-10-18-28(26)24-13-5-2-6-14-24/h1-22H/b21-19+,22-20+. The minimum atomic E-state index is -1.21. The Labute approximate surface area is 181 Å². The summed E-state index contributed by atoms with van der Waals surface area (Å²) >= 11 is -1.21. The average molecular weight is 407 g/mol. The molecule has 0 fully saturated rings. The first-order valence-electron chi connectivity index (χ1n) is 9.86. The predicted molar refractivity (Wildman–Crippen MR) is 130 cm³/mol. The molecule has 0 unspecified atom stereocenters. The molecule has 0 saturated heterocycles. The van der Waals surface area contributed by atoms with Crippen LogP contribution in [0, 0.1) is 0 Å². The van der Waals surface area contributed by atoms with E-state index in [0.717, 1.165) is 33.4 Å². The van der Waals surface area contributed by atoms with Crippen molar-refractivity contribution >= 4 is 23.3 Å². The van der Waals surface area contributed by atoms with Gasteiger partial charge in [-0.15, -0.1) is 0 Å². The zero-order valence-electron chi connectivity index (χ0n) is 16.5. The van der Waals surface area contributed by atoms with E-state index in [9.17, 15) is 4.55 Å². The minimum Gasteiger partial charge on any atom is -0.607 e. The highest BCUT2D eigenvalue weighted by molar-refractivity contribution is 7.97. The van der Waals surface area contributed by atoms with Crippen molar-refractivity contribution in [3.63, 3.8) is 0 Å². The molecule has 4 aromatic carbocycles. The molecule has 0 heterocycles. The molecule has 4 aromatic rings. The van der Waals surface area contributed by atoms with Crippen LogP contribution in [0.5, 0.6) is 0 Å². The fraction of sp³-hybridized carbons (Fsp3) is 0. The molecule has 0 aromatic heterocycles. The molecule has 0 spiro atoms. The van der Waals surface area contributed by atoms with Crippen molar-refractivity contribution in [1.29, 1.82) is 0 Å². The van der Waals surface area contributed by atoms with Crippen molar-refractivity contribution in [3.8, 4) is 22.3 Å². The summed E-state index contributed by atoms with van der Waals surface area (Å²) in [7, 11) is 0. The van der Waals surface area contributed by atoms with Crippen molar-refractivity contribution < 1.29 is 4.55 Å². The van der Waals surface area contributed by atoms with Gasteiger partial charge in [0.1, 0.15) is 10.8 Å². The van der Waals surface area contributed by atoms with Crippen LogP contribution in [-0.4, -0.2) is 4.55 Å². The SMILES string of the molecule is [O-][S+](/C=C/c1ccccc1-c1ccccc1)/C=C/c1ccccc1-c1ccccc1. The summed E-state index contributed by atoms with van der Waals surface area (Å²) in [5.74, 6) is 0. The molecule has 0 N–H and O–H groups in total. The smallest absolute Gasteiger partial charge is 0.122 e. The van der Waals surface area contributed by atoms with Crippen molar-refractivity contribution in [2.24, 2.45) is 0 Å². The van der Waals surface area contributed by atoms with E-state index in [1.165, 1.54) is 0 Å². The third-order valence-electron chi connectivity index (χ3n) is 4.85. The van der Waals surface area contributed by atoms with Gasteiger partial charge in [-0.1, -0.05) is 109 Å². The summed E-state index contributed by atoms with van der Waals surface area (Å²) in [6.07, 6.45) is 3.87. The van der Waals surface area contributed by atoms with Gasteiger partial charge in [-0.05, 0) is 45.5 Å². The Bertz CT molecular complexity index is 1050. The molecule has 1 nitrogen and oxygen atoms in total. The average Bonchev–Trinajstić information content (AvgIpc) is 2.83. The summed E-state index contributed by atoms with van der Waals surface area (Å²) in [4.78, 5) is 0. The summed E-state index contributed by atoms with van der Waals surface area (Å²) in [6.45, 7) is 0. The monoisotopic (exact) mass is 406 g/mol. The highest BCUT2D eigenvalue weighted by Gasteiger charge is 2.05. The van der Waals surface area contributed by atoms with Crippen LogP contribution in [0.4, 0.5) is 0 Å². The van der Waals surface area contributed by atoms with E-state index >= 15 is 0 Å². The lowest BCUT2D eigenvalue weighted by molar-refractivity contribution is 0.612. The molecular weight excluding hydrogens is 384 g/mol. The lowest BCUT2D eigenvalue weighted by atomic mass is 10.00. The largest absolute Gasteiger partial charge is 0.607 e. The second-order valence-corrected chi connectivity index (χ2v) is 8.04. The molecule has 0 aliphatic carbocycles. The van der Waals surface area contributed by atoms with Gasteiger partial charge in [0, 0.05) is 11.2 Å². The van der Waals surface area contributed by atoms with Crippen LogP contribution < -0.4 is 0 Å². The molecule has 2 heteroatoms. The van der Waals surface area contributed by atoms with E-state index in [0.29, 0.717) is 0 Å². The lowest BCUT2D eigenvalue weighted by Crippen LogP contribution is -1.90. The number of benzene rings is 4. The Morgan fingerprint density at radius 1 is 0.467 bits per heavy atom. The summed E-state index contributed by atoms with van der Waals surface area (Å²) in [5, 5.41) is 3.48. The lowest BCUT2D eigenvalue weighted by Gasteiger charge is -2.07. The van der Waals surface area contributed by atoms with Crippen molar-refractivity contribution in [2.75, 3.05) is 0 Å². The summed E-state index contributed by atoms with van der Waals surface area (Å²) in [6, 6.07) is 36.8. The first kappa shape index (κ1) is 20.0. The second-order valence-electron chi connectivity index (χ2n) is 6.84. The highest BCUT2D eigenvalue weighted by atomic mass is 32.2. The third kappa shape index (κ3) is 4.98. The molecule has 0 saturated carbocycles. The van der Waals surface area contributed by atoms with Crippen molar-refractivity contribution in [3.05, 3.63) is 131 Å². The van der Waals surface area contributed by atoms with Crippen LogP contribution in [0.2, 0.25) is 0 Å². The zero-order valence-corrected chi connectivity index (χ0v) is 17.3. The van der Waals surface area contributed by atoms with Gasteiger partial charge >= 0.3 is 0 Å². The van der Waals surface area contributed by atoms with Gasteiger partial charge in [0.25, 0.3) is 0 Å². The topological polar surface area (TPSA) is 23.1 Å². The van der Waals surface area contributed by atoms with Gasteiger partial charge in [0.2, 0.25) is 0 Å². The van der Waals surface area contributed by atoms with Gasteiger partial charge in [0.15, 0.2) is 0 Å². The van der Waals surface area contributed by atoms with E-state index in [1.807, 2.05) is 84.9 Å². The molecule has 0 bridgehead atoms. The molecular formula is C28H22OS. The predicted octanol–water partition coefficient (Wildman–Crippen LogP) is 7.41. The first-order chi connectivity index (χ1) is 14.8. The number of hydrogen-bond acceptors (Lipinski definition) is 1. The fourth-order valence-corrected chi connectivity index (χ4v) is 4.02. The maximum atomic E-state index is 12.6. The zero-order chi connectivity index (χ0) is 20.6. The van der Waals surface area contributed by atoms with E-state index in [4.69, 9.17) is 0 Å². The summed E-state index contributed by atoms with van der Waals surface area (Å²) < 4.78 is 12.6. The van der Waals surface area contributed by atoms with Gasteiger partial charge in [0.05, 0.1) is 0 Å². The van der Waals surface area contributed by atoms with E-state index in [2.05, 4.69) is 36.4 Å². The van der Waals surface area contributed by atoms with Crippen LogP contribution in [0.15, 0.2) is 120 Å². The Morgan fingerprint density at radius 3 is 1.27 bits per heavy atom. The molecule has 0 radical (unpaired) electrons. The van der Waals surface area contributed by atoms with Crippen LogP contribution in [0.3, 0.4) is 0 Å². The van der Waals surface area contributed by atoms with Gasteiger partial charge in [-0.3, -0.25) is 0 Å². The van der Waals surface area contributed by atoms with E-state index < -0.39 is 11.2 Å². The Balaban J connectivity index is 1.54. The molecule has 0 aliphatic heterocycles. The molecule has 146 valence electrons. The van der Waals surface area contributed by atoms with Crippen LogP contribution in [-0.2, 0) is 11.2 Å². The van der Waals surface area contributed by atoms with Crippen LogP contribution in [0.1, 0.15) is 11.1 Å².